The van der Waals surface area contributed by atoms with Crippen molar-refractivity contribution >= 4 is 12.2 Å². The number of nitrogens with one attached hydrogen (secondary N) is 1. The minimum Gasteiger partial charge on any atom is -0.396 e. The summed E-state index contributed by atoms with van der Waals surface area (Å²) in [5.74, 6) is 0.863. The highest BCUT2D eigenvalue weighted by Crippen LogP contribution is 2.20. The fourth-order valence-corrected chi connectivity index (χ4v) is 2.40. The lowest BCUT2D eigenvalue weighted by atomic mass is 10.0. The lowest BCUT2D eigenvalue weighted by molar-refractivity contribution is 0.287. The topological polar surface area (TPSA) is 53.8 Å². The minimum atomic E-state index is 0.158. The smallest absolute Gasteiger partial charge is 0.199 e. The highest BCUT2D eigenvalue weighted by atomic mass is 32.1. The van der Waals surface area contributed by atoms with Gasteiger partial charge in [-0.3, -0.25) is 9.67 Å². The number of rotatable bonds is 4. The van der Waals surface area contributed by atoms with Crippen molar-refractivity contribution in [2.75, 3.05) is 6.61 Å². The molecule has 2 N–H and O–H groups in total. The molecule has 102 valence electrons. The zero-order valence-electron chi connectivity index (χ0n) is 11.5. The van der Waals surface area contributed by atoms with Gasteiger partial charge in [-0.25, -0.2) is 0 Å². The van der Waals surface area contributed by atoms with Crippen molar-refractivity contribution < 1.29 is 5.11 Å². The summed E-state index contributed by atoms with van der Waals surface area (Å²) in [6, 6.07) is 4.24. The number of benzene rings is 1. The highest BCUT2D eigenvalue weighted by Gasteiger charge is 2.10. The van der Waals surface area contributed by atoms with Crippen LogP contribution in [-0.4, -0.2) is 26.5 Å². The van der Waals surface area contributed by atoms with E-state index in [0.717, 1.165) is 11.5 Å². The molecule has 0 atom stereocenters. The van der Waals surface area contributed by atoms with Gasteiger partial charge in [0.2, 0.25) is 0 Å². The Labute approximate surface area is 118 Å². The number of hydrogen-bond acceptors (Lipinski definition) is 3. The molecule has 0 aliphatic rings. The van der Waals surface area contributed by atoms with E-state index in [1.54, 1.807) is 0 Å². The molecule has 0 fully saturated rings. The van der Waals surface area contributed by atoms with Gasteiger partial charge in [-0.05, 0) is 68.2 Å². The van der Waals surface area contributed by atoms with E-state index in [4.69, 9.17) is 17.3 Å². The van der Waals surface area contributed by atoms with Crippen LogP contribution in [0.2, 0.25) is 0 Å². The maximum atomic E-state index is 8.95. The number of H-pyrrole nitrogens is 1. The molecule has 0 aliphatic heterocycles. The molecule has 0 saturated heterocycles. The Morgan fingerprint density at radius 2 is 1.89 bits per heavy atom. The standard InChI is InChI=1S/C14H19N3OS/c1-9-7-12(8-10(2)11(9)3)17-13(5-4-6-18)15-16-14(17)19/h7-8,18H,4-6H2,1-3H3,(H,16,19). The van der Waals surface area contributed by atoms with Gasteiger partial charge in [-0.15, -0.1) is 0 Å². The van der Waals surface area contributed by atoms with Crippen molar-refractivity contribution in [2.45, 2.75) is 33.6 Å². The van der Waals surface area contributed by atoms with Gasteiger partial charge in [0.05, 0.1) is 5.69 Å². The van der Waals surface area contributed by atoms with Gasteiger partial charge >= 0.3 is 0 Å². The third-order valence-corrected chi connectivity index (χ3v) is 3.74. The Kier molecular flexibility index (Phi) is 4.17. The summed E-state index contributed by atoms with van der Waals surface area (Å²) >= 11 is 5.31. The molecule has 2 aromatic rings. The molecule has 0 bridgehead atoms. The number of aliphatic hydroxyl groups excluding tert-OH is 1. The lowest BCUT2D eigenvalue weighted by Crippen LogP contribution is -2.04. The molecular formula is C14H19N3OS. The van der Waals surface area contributed by atoms with Crippen molar-refractivity contribution in [3.8, 4) is 5.69 Å². The third kappa shape index (κ3) is 2.77. The number of aromatic nitrogens is 3. The van der Waals surface area contributed by atoms with Crippen LogP contribution < -0.4 is 0 Å². The van der Waals surface area contributed by atoms with E-state index in [0.29, 0.717) is 17.6 Å². The van der Waals surface area contributed by atoms with Crippen LogP contribution in [0, 0.1) is 25.5 Å². The van der Waals surface area contributed by atoms with Crippen molar-refractivity contribution in [3.63, 3.8) is 0 Å². The van der Waals surface area contributed by atoms with Crippen molar-refractivity contribution in [1.82, 2.24) is 14.8 Å². The van der Waals surface area contributed by atoms with Gasteiger partial charge in [-0.1, -0.05) is 0 Å². The van der Waals surface area contributed by atoms with E-state index >= 15 is 0 Å². The first-order valence-corrected chi connectivity index (χ1v) is 6.80. The summed E-state index contributed by atoms with van der Waals surface area (Å²) in [7, 11) is 0. The van der Waals surface area contributed by atoms with Crippen LogP contribution in [0.15, 0.2) is 12.1 Å². The third-order valence-electron chi connectivity index (χ3n) is 3.47. The van der Waals surface area contributed by atoms with Crippen LogP contribution in [0.1, 0.15) is 28.9 Å². The van der Waals surface area contributed by atoms with E-state index in [1.165, 1.54) is 16.7 Å². The van der Waals surface area contributed by atoms with Crippen LogP contribution in [-0.2, 0) is 6.42 Å². The quantitative estimate of drug-likeness (QED) is 0.845. The second-order valence-electron chi connectivity index (χ2n) is 4.81. The van der Waals surface area contributed by atoms with Gasteiger partial charge in [-0.2, -0.15) is 5.10 Å². The Bertz CT molecular complexity index is 619. The van der Waals surface area contributed by atoms with Crippen LogP contribution in [0.4, 0.5) is 0 Å². The monoisotopic (exact) mass is 277 g/mol. The van der Waals surface area contributed by atoms with Crippen LogP contribution >= 0.6 is 12.2 Å². The van der Waals surface area contributed by atoms with E-state index in [1.807, 2.05) is 4.57 Å². The fraction of sp³-hybridized carbons (Fsp3) is 0.429. The number of hydrogen-bond donors (Lipinski definition) is 2. The zero-order chi connectivity index (χ0) is 14.0. The van der Waals surface area contributed by atoms with Crippen LogP contribution in [0.3, 0.4) is 0 Å². The van der Waals surface area contributed by atoms with Crippen molar-refractivity contribution in [3.05, 3.63) is 39.4 Å². The minimum absolute atomic E-state index is 0.158. The van der Waals surface area contributed by atoms with Gasteiger partial charge in [0.1, 0.15) is 5.82 Å². The maximum Gasteiger partial charge on any atom is 0.199 e. The molecule has 5 heteroatoms. The summed E-state index contributed by atoms with van der Waals surface area (Å²) in [6.07, 6.45) is 1.39. The Hall–Kier alpha value is -1.46. The molecule has 1 heterocycles. The zero-order valence-corrected chi connectivity index (χ0v) is 12.3. The van der Waals surface area contributed by atoms with E-state index in [2.05, 4.69) is 43.1 Å². The molecule has 1 aromatic carbocycles. The van der Waals surface area contributed by atoms with Crippen molar-refractivity contribution in [1.29, 1.82) is 0 Å². The number of nitrogens with zero attached hydrogens (tertiary/aromatic N) is 2. The SMILES string of the molecule is Cc1cc(-n2c(CCCO)n[nH]c2=S)cc(C)c1C. The van der Waals surface area contributed by atoms with Crippen molar-refractivity contribution in [2.24, 2.45) is 0 Å². The van der Waals surface area contributed by atoms with Gasteiger partial charge in [0.25, 0.3) is 0 Å². The van der Waals surface area contributed by atoms with Gasteiger partial charge in [0.15, 0.2) is 4.77 Å². The first-order valence-electron chi connectivity index (χ1n) is 6.40. The summed E-state index contributed by atoms with van der Waals surface area (Å²) in [4.78, 5) is 0. The van der Waals surface area contributed by atoms with E-state index in [-0.39, 0.29) is 6.61 Å². The number of aliphatic hydroxyl groups is 1. The second kappa shape index (κ2) is 5.67. The Morgan fingerprint density at radius 1 is 1.26 bits per heavy atom. The van der Waals surface area contributed by atoms with Crippen LogP contribution in [0.5, 0.6) is 0 Å². The first kappa shape index (κ1) is 14.0. The fourth-order valence-electron chi connectivity index (χ4n) is 2.14. The molecule has 1 aromatic heterocycles. The Morgan fingerprint density at radius 3 is 2.47 bits per heavy atom. The Balaban J connectivity index is 2.52. The lowest BCUT2D eigenvalue weighted by Gasteiger charge is -2.11. The number of aromatic amines is 1. The molecule has 0 aliphatic carbocycles. The van der Waals surface area contributed by atoms with Gasteiger partial charge in [0, 0.05) is 13.0 Å². The normalized spacial score (nSPS) is 10.9. The molecule has 0 amide bonds. The predicted octanol–water partition coefficient (Wildman–Crippen LogP) is 2.78. The van der Waals surface area contributed by atoms with E-state index < -0.39 is 0 Å². The largest absolute Gasteiger partial charge is 0.396 e. The molecule has 0 saturated carbocycles. The number of aryl methyl sites for hydroxylation is 3. The highest BCUT2D eigenvalue weighted by molar-refractivity contribution is 7.71. The van der Waals surface area contributed by atoms with Crippen LogP contribution in [0.25, 0.3) is 5.69 Å². The van der Waals surface area contributed by atoms with Gasteiger partial charge < -0.3 is 5.11 Å². The molecule has 2 rings (SSSR count). The molecule has 0 spiro atoms. The first-order chi connectivity index (χ1) is 9.04. The average Bonchev–Trinajstić information content (AvgIpc) is 2.74. The molecule has 19 heavy (non-hydrogen) atoms. The maximum absolute atomic E-state index is 8.95. The molecule has 4 nitrogen and oxygen atoms in total. The molecule has 0 unspecified atom stereocenters. The predicted molar refractivity (Wildman–Crippen MR) is 78.4 cm³/mol. The summed E-state index contributed by atoms with van der Waals surface area (Å²) in [6.45, 7) is 6.48. The molecule has 0 radical (unpaired) electrons. The summed E-state index contributed by atoms with van der Waals surface area (Å²) in [5, 5.41) is 16.0. The molecular weight excluding hydrogens is 258 g/mol. The average molecular weight is 277 g/mol. The summed E-state index contributed by atoms with van der Waals surface area (Å²) < 4.78 is 2.54. The van der Waals surface area contributed by atoms with E-state index in [9.17, 15) is 0 Å². The second-order valence-corrected chi connectivity index (χ2v) is 5.20. The summed E-state index contributed by atoms with van der Waals surface area (Å²) in [5.41, 5.74) is 4.82.